The SMILES string of the molecule is Cc1ccsc1[C@H]1CNC[C@H]1C(=O)O. The van der Waals surface area contributed by atoms with Crippen molar-refractivity contribution >= 4 is 17.3 Å². The van der Waals surface area contributed by atoms with E-state index in [0.29, 0.717) is 6.54 Å². The highest BCUT2D eigenvalue weighted by molar-refractivity contribution is 7.10. The molecule has 1 fully saturated rings. The molecule has 14 heavy (non-hydrogen) atoms. The first-order valence-corrected chi connectivity index (χ1v) is 5.55. The molecule has 1 aliphatic heterocycles. The highest BCUT2D eigenvalue weighted by Crippen LogP contribution is 2.33. The van der Waals surface area contributed by atoms with Gasteiger partial charge in [0.1, 0.15) is 0 Å². The standard InChI is InChI=1S/C10H13NO2S/c1-6-2-3-14-9(6)7-4-11-5-8(7)10(12)13/h2-3,7-8,11H,4-5H2,1H3,(H,12,13)/t7-,8+/m0/s1. The van der Waals surface area contributed by atoms with Crippen molar-refractivity contribution in [1.82, 2.24) is 5.32 Å². The molecule has 0 unspecified atom stereocenters. The maximum absolute atomic E-state index is 11.0. The second kappa shape index (κ2) is 3.71. The van der Waals surface area contributed by atoms with Crippen molar-refractivity contribution in [3.63, 3.8) is 0 Å². The second-order valence-electron chi connectivity index (χ2n) is 3.68. The van der Waals surface area contributed by atoms with Crippen molar-refractivity contribution in [2.24, 2.45) is 5.92 Å². The van der Waals surface area contributed by atoms with Crippen molar-refractivity contribution in [2.45, 2.75) is 12.8 Å². The van der Waals surface area contributed by atoms with Crippen molar-refractivity contribution in [1.29, 1.82) is 0 Å². The average Bonchev–Trinajstić information content (AvgIpc) is 2.70. The van der Waals surface area contributed by atoms with E-state index in [9.17, 15) is 4.79 Å². The van der Waals surface area contributed by atoms with Gasteiger partial charge in [0, 0.05) is 23.9 Å². The summed E-state index contributed by atoms with van der Waals surface area (Å²) in [5, 5.41) is 14.2. The number of carboxylic acids is 1. The molecule has 2 heterocycles. The van der Waals surface area contributed by atoms with Crippen LogP contribution in [0.2, 0.25) is 0 Å². The first kappa shape index (κ1) is 9.68. The Kier molecular flexibility index (Phi) is 2.56. The fraction of sp³-hybridized carbons (Fsp3) is 0.500. The van der Waals surface area contributed by atoms with E-state index in [1.807, 2.05) is 12.3 Å². The maximum Gasteiger partial charge on any atom is 0.308 e. The van der Waals surface area contributed by atoms with Gasteiger partial charge in [0.25, 0.3) is 0 Å². The van der Waals surface area contributed by atoms with Crippen LogP contribution in [0.5, 0.6) is 0 Å². The summed E-state index contributed by atoms with van der Waals surface area (Å²) in [5.74, 6) is -0.785. The Bertz CT molecular complexity index is 348. The second-order valence-corrected chi connectivity index (χ2v) is 4.63. The summed E-state index contributed by atoms with van der Waals surface area (Å²) in [4.78, 5) is 12.2. The van der Waals surface area contributed by atoms with Gasteiger partial charge in [0.05, 0.1) is 5.92 Å². The summed E-state index contributed by atoms with van der Waals surface area (Å²) in [7, 11) is 0. The third-order valence-electron chi connectivity index (χ3n) is 2.77. The zero-order valence-corrected chi connectivity index (χ0v) is 8.80. The van der Waals surface area contributed by atoms with E-state index in [0.717, 1.165) is 6.54 Å². The third-order valence-corrected chi connectivity index (χ3v) is 3.92. The largest absolute Gasteiger partial charge is 0.481 e. The predicted molar refractivity (Wildman–Crippen MR) is 55.8 cm³/mol. The number of aryl methyl sites for hydroxylation is 1. The van der Waals surface area contributed by atoms with Crippen molar-refractivity contribution in [2.75, 3.05) is 13.1 Å². The lowest BCUT2D eigenvalue weighted by Crippen LogP contribution is -2.20. The topological polar surface area (TPSA) is 49.3 Å². The maximum atomic E-state index is 11.0. The minimum atomic E-state index is -0.687. The minimum absolute atomic E-state index is 0.160. The van der Waals surface area contributed by atoms with Gasteiger partial charge in [-0.3, -0.25) is 4.79 Å². The van der Waals surface area contributed by atoms with Gasteiger partial charge >= 0.3 is 5.97 Å². The molecule has 0 aliphatic carbocycles. The lowest BCUT2D eigenvalue weighted by Gasteiger charge is -2.13. The van der Waals surface area contributed by atoms with E-state index in [2.05, 4.69) is 11.4 Å². The zero-order valence-electron chi connectivity index (χ0n) is 7.99. The van der Waals surface area contributed by atoms with Gasteiger partial charge in [-0.05, 0) is 23.9 Å². The first-order valence-electron chi connectivity index (χ1n) is 4.67. The molecule has 3 nitrogen and oxygen atoms in total. The first-order chi connectivity index (χ1) is 6.70. The number of rotatable bonds is 2. The van der Waals surface area contributed by atoms with Crippen LogP contribution in [0.15, 0.2) is 11.4 Å². The zero-order chi connectivity index (χ0) is 10.1. The Balaban J connectivity index is 2.26. The molecule has 1 aromatic rings. The smallest absolute Gasteiger partial charge is 0.308 e. The van der Waals surface area contributed by atoms with Gasteiger partial charge in [0.2, 0.25) is 0 Å². The van der Waals surface area contributed by atoms with Gasteiger partial charge in [-0.15, -0.1) is 11.3 Å². The van der Waals surface area contributed by atoms with Crippen LogP contribution in [-0.2, 0) is 4.79 Å². The monoisotopic (exact) mass is 211 g/mol. The summed E-state index contributed by atoms with van der Waals surface area (Å²) >= 11 is 1.66. The highest BCUT2D eigenvalue weighted by atomic mass is 32.1. The number of thiophene rings is 1. The number of hydrogen-bond donors (Lipinski definition) is 2. The fourth-order valence-electron chi connectivity index (χ4n) is 1.98. The fourth-order valence-corrected chi connectivity index (χ4v) is 3.07. The summed E-state index contributed by atoms with van der Waals surface area (Å²) in [6, 6.07) is 2.05. The lowest BCUT2D eigenvalue weighted by atomic mass is 9.93. The molecule has 0 radical (unpaired) electrons. The van der Waals surface area contributed by atoms with Crippen LogP contribution in [0, 0.1) is 12.8 Å². The average molecular weight is 211 g/mol. The van der Waals surface area contributed by atoms with Crippen molar-refractivity contribution in [3.05, 3.63) is 21.9 Å². The Labute approximate surface area is 86.8 Å². The Morgan fingerprint density at radius 3 is 3.00 bits per heavy atom. The van der Waals surface area contributed by atoms with E-state index in [1.165, 1.54) is 10.4 Å². The Morgan fingerprint density at radius 1 is 1.64 bits per heavy atom. The van der Waals surface area contributed by atoms with Gasteiger partial charge in [-0.2, -0.15) is 0 Å². The molecule has 0 aromatic carbocycles. The van der Waals surface area contributed by atoms with Gasteiger partial charge < -0.3 is 10.4 Å². The molecule has 2 rings (SSSR count). The van der Waals surface area contributed by atoms with Gasteiger partial charge in [-0.25, -0.2) is 0 Å². The predicted octanol–water partition coefficient (Wildman–Crippen LogP) is 1.44. The molecule has 0 amide bonds. The summed E-state index contributed by atoms with van der Waals surface area (Å²) in [6.45, 7) is 3.43. The quantitative estimate of drug-likeness (QED) is 0.778. The number of aliphatic carboxylic acids is 1. The minimum Gasteiger partial charge on any atom is -0.481 e. The number of hydrogen-bond acceptors (Lipinski definition) is 3. The van der Waals surface area contributed by atoms with Crippen LogP contribution < -0.4 is 5.32 Å². The molecule has 1 aliphatic rings. The number of nitrogens with one attached hydrogen (secondary N) is 1. The van der Waals surface area contributed by atoms with Crippen molar-refractivity contribution in [3.8, 4) is 0 Å². The van der Waals surface area contributed by atoms with E-state index in [4.69, 9.17) is 5.11 Å². The van der Waals surface area contributed by atoms with Crippen LogP contribution in [0.3, 0.4) is 0 Å². The molecule has 4 heteroatoms. The van der Waals surface area contributed by atoms with Crippen LogP contribution in [-0.4, -0.2) is 24.2 Å². The van der Waals surface area contributed by atoms with Crippen LogP contribution in [0.4, 0.5) is 0 Å². The van der Waals surface area contributed by atoms with E-state index >= 15 is 0 Å². The van der Waals surface area contributed by atoms with Gasteiger partial charge in [0.15, 0.2) is 0 Å². The molecule has 76 valence electrons. The Hall–Kier alpha value is -0.870. The summed E-state index contributed by atoms with van der Waals surface area (Å²) in [6.07, 6.45) is 0. The molecule has 0 spiro atoms. The summed E-state index contributed by atoms with van der Waals surface area (Å²) in [5.41, 5.74) is 1.22. The highest BCUT2D eigenvalue weighted by Gasteiger charge is 2.35. The molecule has 1 aromatic heterocycles. The van der Waals surface area contributed by atoms with E-state index in [-0.39, 0.29) is 11.8 Å². The normalized spacial score (nSPS) is 26.6. The molecule has 1 saturated heterocycles. The van der Waals surface area contributed by atoms with Crippen LogP contribution in [0.25, 0.3) is 0 Å². The molecular weight excluding hydrogens is 198 g/mol. The Morgan fingerprint density at radius 2 is 2.43 bits per heavy atom. The van der Waals surface area contributed by atoms with Crippen LogP contribution >= 0.6 is 11.3 Å². The number of carbonyl (C=O) groups is 1. The van der Waals surface area contributed by atoms with Crippen molar-refractivity contribution < 1.29 is 9.90 Å². The van der Waals surface area contributed by atoms with Crippen LogP contribution in [0.1, 0.15) is 16.4 Å². The molecular formula is C10H13NO2S. The summed E-state index contributed by atoms with van der Waals surface area (Å²) < 4.78 is 0. The molecule has 2 atom stereocenters. The van der Waals surface area contributed by atoms with E-state index in [1.54, 1.807) is 11.3 Å². The van der Waals surface area contributed by atoms with E-state index < -0.39 is 5.97 Å². The number of carboxylic acid groups (broad SMARTS) is 1. The third kappa shape index (κ3) is 1.55. The molecule has 2 N–H and O–H groups in total. The van der Waals surface area contributed by atoms with Gasteiger partial charge in [-0.1, -0.05) is 0 Å². The lowest BCUT2D eigenvalue weighted by molar-refractivity contribution is -0.141. The molecule has 0 saturated carbocycles. The molecule has 0 bridgehead atoms.